The van der Waals surface area contributed by atoms with Gasteiger partial charge in [0.1, 0.15) is 12.0 Å². The molecule has 0 aliphatic carbocycles. The molecule has 0 aromatic rings. The van der Waals surface area contributed by atoms with Crippen LogP contribution in [0.5, 0.6) is 0 Å². The highest BCUT2D eigenvalue weighted by Crippen LogP contribution is 2.13. The Morgan fingerprint density at radius 3 is 2.90 bits per heavy atom. The molecule has 1 saturated heterocycles. The van der Waals surface area contributed by atoms with E-state index in [2.05, 4.69) is 0 Å². The predicted molar refractivity (Wildman–Crippen MR) is 37.5 cm³/mol. The number of ketones is 1. The lowest BCUT2D eigenvalue weighted by atomic mass is 10.4. The number of rotatable bonds is 2. The van der Waals surface area contributed by atoms with E-state index in [0.29, 0.717) is 6.54 Å². The summed E-state index contributed by atoms with van der Waals surface area (Å²) in [6, 6.07) is 0. The van der Waals surface area contributed by atoms with Gasteiger partial charge in [-0.15, -0.1) is 0 Å². The average molecular weight is 143 g/mol. The van der Waals surface area contributed by atoms with Crippen molar-refractivity contribution in [2.75, 3.05) is 13.1 Å². The highest BCUT2D eigenvalue weighted by molar-refractivity contribution is 5.77. The maximum atomic E-state index is 10.6. The van der Waals surface area contributed by atoms with E-state index in [1.165, 1.54) is 0 Å². The SMILES string of the molecule is CC(=O)CN1CCCC1O. The van der Waals surface area contributed by atoms with E-state index < -0.39 is 0 Å². The second kappa shape index (κ2) is 3.12. The monoisotopic (exact) mass is 143 g/mol. The number of aliphatic hydroxyl groups is 1. The Bertz CT molecular complexity index is 136. The van der Waals surface area contributed by atoms with Gasteiger partial charge in [0, 0.05) is 6.54 Å². The van der Waals surface area contributed by atoms with Crippen LogP contribution in [-0.2, 0) is 4.79 Å². The fourth-order valence-electron chi connectivity index (χ4n) is 1.28. The smallest absolute Gasteiger partial charge is 0.143 e. The second-order valence-corrected chi connectivity index (χ2v) is 2.80. The lowest BCUT2D eigenvalue weighted by molar-refractivity contribution is -0.120. The summed E-state index contributed by atoms with van der Waals surface area (Å²) in [6.45, 7) is 2.81. The first-order valence-electron chi connectivity index (χ1n) is 3.61. The zero-order valence-corrected chi connectivity index (χ0v) is 6.21. The zero-order valence-electron chi connectivity index (χ0n) is 6.21. The minimum Gasteiger partial charge on any atom is -0.378 e. The highest BCUT2D eigenvalue weighted by atomic mass is 16.3. The Morgan fingerprint density at radius 2 is 2.50 bits per heavy atom. The summed E-state index contributed by atoms with van der Waals surface area (Å²) in [7, 11) is 0. The summed E-state index contributed by atoms with van der Waals surface area (Å²) in [4.78, 5) is 12.4. The van der Waals surface area contributed by atoms with Gasteiger partial charge in [0.15, 0.2) is 0 Å². The zero-order chi connectivity index (χ0) is 7.56. The van der Waals surface area contributed by atoms with Gasteiger partial charge < -0.3 is 5.11 Å². The molecule has 1 aliphatic rings. The normalized spacial score (nSPS) is 27.2. The standard InChI is InChI=1S/C7H13NO2/c1-6(9)5-8-4-2-3-7(8)10/h7,10H,2-5H2,1H3. The van der Waals surface area contributed by atoms with Crippen molar-refractivity contribution in [1.29, 1.82) is 0 Å². The predicted octanol–water partition coefficient (Wildman–Crippen LogP) is -0.0104. The van der Waals surface area contributed by atoms with E-state index in [1.807, 2.05) is 4.90 Å². The fraction of sp³-hybridized carbons (Fsp3) is 0.857. The van der Waals surface area contributed by atoms with Gasteiger partial charge in [0.2, 0.25) is 0 Å². The molecule has 0 aromatic heterocycles. The quantitative estimate of drug-likeness (QED) is 0.591. The number of hydrogen-bond donors (Lipinski definition) is 1. The van der Waals surface area contributed by atoms with E-state index >= 15 is 0 Å². The van der Waals surface area contributed by atoms with Gasteiger partial charge >= 0.3 is 0 Å². The summed E-state index contributed by atoms with van der Waals surface area (Å²) < 4.78 is 0. The van der Waals surface area contributed by atoms with Gasteiger partial charge in [0.25, 0.3) is 0 Å². The van der Waals surface area contributed by atoms with Crippen molar-refractivity contribution in [3.8, 4) is 0 Å². The molecule has 0 amide bonds. The minimum atomic E-state index is -0.371. The van der Waals surface area contributed by atoms with Gasteiger partial charge in [-0.2, -0.15) is 0 Å². The van der Waals surface area contributed by atoms with Gasteiger partial charge in [-0.3, -0.25) is 9.69 Å². The third-order valence-corrected chi connectivity index (χ3v) is 1.75. The van der Waals surface area contributed by atoms with E-state index in [4.69, 9.17) is 0 Å². The van der Waals surface area contributed by atoms with E-state index in [1.54, 1.807) is 6.92 Å². The molecule has 0 aromatic carbocycles. The van der Waals surface area contributed by atoms with E-state index in [-0.39, 0.29) is 12.0 Å². The topological polar surface area (TPSA) is 40.5 Å². The van der Waals surface area contributed by atoms with Crippen LogP contribution < -0.4 is 0 Å². The number of carbonyl (C=O) groups excluding carboxylic acids is 1. The maximum absolute atomic E-state index is 10.6. The summed E-state index contributed by atoms with van der Waals surface area (Å²) in [5, 5.41) is 9.21. The molecule has 1 fully saturated rings. The average Bonchev–Trinajstić information content (AvgIpc) is 2.15. The molecule has 0 radical (unpaired) electrons. The summed E-state index contributed by atoms with van der Waals surface area (Å²) in [5.74, 6) is 0.126. The highest BCUT2D eigenvalue weighted by Gasteiger charge is 2.22. The van der Waals surface area contributed by atoms with Crippen molar-refractivity contribution in [2.45, 2.75) is 26.0 Å². The number of hydrogen-bond acceptors (Lipinski definition) is 3. The molecule has 3 heteroatoms. The molecule has 1 rings (SSSR count). The van der Waals surface area contributed by atoms with Crippen LogP contribution in [0.15, 0.2) is 0 Å². The molecule has 10 heavy (non-hydrogen) atoms. The Hall–Kier alpha value is -0.410. The van der Waals surface area contributed by atoms with Crippen molar-refractivity contribution >= 4 is 5.78 Å². The number of aliphatic hydroxyl groups excluding tert-OH is 1. The van der Waals surface area contributed by atoms with Crippen LogP contribution in [0.4, 0.5) is 0 Å². The van der Waals surface area contributed by atoms with Crippen molar-refractivity contribution in [3.63, 3.8) is 0 Å². The van der Waals surface area contributed by atoms with E-state index in [0.717, 1.165) is 19.4 Å². The molecule has 0 saturated carbocycles. The third-order valence-electron chi connectivity index (χ3n) is 1.75. The largest absolute Gasteiger partial charge is 0.378 e. The lowest BCUT2D eigenvalue weighted by Gasteiger charge is -2.17. The van der Waals surface area contributed by atoms with E-state index in [9.17, 15) is 9.90 Å². The summed E-state index contributed by atoms with van der Waals surface area (Å²) >= 11 is 0. The molecular weight excluding hydrogens is 130 g/mol. The number of carbonyl (C=O) groups is 1. The van der Waals surface area contributed by atoms with Crippen molar-refractivity contribution in [2.24, 2.45) is 0 Å². The fourth-order valence-corrected chi connectivity index (χ4v) is 1.28. The summed E-state index contributed by atoms with van der Waals surface area (Å²) in [5.41, 5.74) is 0. The molecule has 58 valence electrons. The molecule has 1 unspecified atom stereocenters. The Balaban J connectivity index is 2.33. The van der Waals surface area contributed by atoms with Crippen LogP contribution in [0.25, 0.3) is 0 Å². The van der Waals surface area contributed by atoms with Gasteiger partial charge in [-0.25, -0.2) is 0 Å². The van der Waals surface area contributed by atoms with Crippen LogP contribution in [0.3, 0.4) is 0 Å². The van der Waals surface area contributed by atoms with Gasteiger partial charge in [0.05, 0.1) is 6.54 Å². The van der Waals surface area contributed by atoms with Crippen molar-refractivity contribution < 1.29 is 9.90 Å². The Labute approximate surface area is 60.6 Å². The summed E-state index contributed by atoms with van der Waals surface area (Å²) in [6.07, 6.45) is 1.45. The van der Waals surface area contributed by atoms with Crippen LogP contribution in [0, 0.1) is 0 Å². The molecular formula is C7H13NO2. The van der Waals surface area contributed by atoms with Crippen LogP contribution in [-0.4, -0.2) is 35.1 Å². The van der Waals surface area contributed by atoms with Crippen LogP contribution in [0.1, 0.15) is 19.8 Å². The first-order valence-corrected chi connectivity index (χ1v) is 3.61. The number of nitrogens with zero attached hydrogens (tertiary/aromatic N) is 1. The number of Topliss-reactive ketones (excluding diaryl/α,β-unsaturated/α-hetero) is 1. The lowest BCUT2D eigenvalue weighted by Crippen LogP contribution is -2.33. The molecule has 3 nitrogen and oxygen atoms in total. The van der Waals surface area contributed by atoms with Gasteiger partial charge in [-0.1, -0.05) is 0 Å². The van der Waals surface area contributed by atoms with Crippen molar-refractivity contribution in [3.05, 3.63) is 0 Å². The maximum Gasteiger partial charge on any atom is 0.143 e. The Kier molecular flexibility index (Phi) is 2.40. The van der Waals surface area contributed by atoms with Crippen LogP contribution in [0.2, 0.25) is 0 Å². The minimum absolute atomic E-state index is 0.126. The Morgan fingerprint density at radius 1 is 1.80 bits per heavy atom. The van der Waals surface area contributed by atoms with Gasteiger partial charge in [-0.05, 0) is 19.8 Å². The van der Waals surface area contributed by atoms with Crippen molar-refractivity contribution in [1.82, 2.24) is 4.90 Å². The molecule has 1 aliphatic heterocycles. The number of likely N-dealkylation sites (tertiary alicyclic amines) is 1. The molecule has 0 bridgehead atoms. The first-order chi connectivity index (χ1) is 4.70. The third kappa shape index (κ3) is 1.78. The molecule has 1 N–H and O–H groups in total. The molecule has 0 spiro atoms. The first kappa shape index (κ1) is 7.69. The second-order valence-electron chi connectivity index (χ2n) is 2.80. The van der Waals surface area contributed by atoms with Crippen LogP contribution >= 0.6 is 0 Å². The molecule has 1 heterocycles. The molecule has 1 atom stereocenters.